The van der Waals surface area contributed by atoms with Crippen LogP contribution in [0.1, 0.15) is 19.4 Å². The van der Waals surface area contributed by atoms with Gasteiger partial charge in [0.2, 0.25) is 0 Å². The number of carbonyl (C=O) groups excluding carboxylic acids is 1. The fourth-order valence-electron chi connectivity index (χ4n) is 0.717. The Hall–Kier alpha value is -1.75. The summed E-state index contributed by atoms with van der Waals surface area (Å²) in [7, 11) is 1.30. The molecule has 0 atom stereocenters. The van der Waals surface area contributed by atoms with Crippen LogP contribution in [0.15, 0.2) is 18.2 Å². The van der Waals surface area contributed by atoms with Crippen LogP contribution >= 0.6 is 0 Å². The number of aromatic hydroxyl groups is 2. The molecule has 4 N–H and O–H groups in total. The molecule has 1 aromatic carbocycles. The van der Waals surface area contributed by atoms with Gasteiger partial charge in [-0.2, -0.15) is 0 Å². The summed E-state index contributed by atoms with van der Waals surface area (Å²) in [6, 6.07) is 4.70. The number of ether oxygens (including phenoxy) is 1. The van der Waals surface area contributed by atoms with Gasteiger partial charge in [-0.25, -0.2) is 0 Å². The van der Waals surface area contributed by atoms with E-state index in [0.29, 0.717) is 0 Å². The lowest BCUT2D eigenvalue weighted by Gasteiger charge is -1.95. The van der Waals surface area contributed by atoms with Crippen LogP contribution in [0.25, 0.3) is 0 Å². The molecule has 0 aliphatic rings. The number of benzene rings is 1. The summed E-state index contributed by atoms with van der Waals surface area (Å²) >= 11 is 0. The number of hydrogen-bond donors (Lipinski definition) is 3. The predicted octanol–water partition coefficient (Wildman–Crippen LogP) is 1.55. The van der Waals surface area contributed by atoms with Gasteiger partial charge in [-0.05, 0) is 24.6 Å². The minimum atomic E-state index is -0.380. The van der Waals surface area contributed by atoms with Crippen LogP contribution in [0.2, 0.25) is 0 Å². The van der Waals surface area contributed by atoms with E-state index in [1.54, 1.807) is 6.07 Å². The van der Waals surface area contributed by atoms with E-state index in [1.807, 2.05) is 20.8 Å². The standard InChI is InChI=1S/C7H8O2.C3H7NO2.C2H6/c1-5-2-3-6(8)7(9)4-5;1-6-3(5)2-4;1-2/h2-4,8-9H,1H3;2,4H2,1H3;1-2H3. The van der Waals surface area contributed by atoms with Crippen molar-refractivity contribution in [1.29, 1.82) is 0 Å². The van der Waals surface area contributed by atoms with Gasteiger partial charge in [-0.15, -0.1) is 0 Å². The van der Waals surface area contributed by atoms with Crippen LogP contribution in [0.4, 0.5) is 0 Å². The lowest BCUT2D eigenvalue weighted by atomic mass is 10.2. The van der Waals surface area contributed by atoms with Crippen molar-refractivity contribution in [2.24, 2.45) is 5.73 Å². The Labute approximate surface area is 102 Å². The maximum absolute atomic E-state index is 9.83. The third-order valence-corrected chi connectivity index (χ3v) is 1.53. The number of phenolic OH excluding ortho intramolecular Hbond substituents is 2. The number of hydrogen-bond acceptors (Lipinski definition) is 5. The van der Waals surface area contributed by atoms with E-state index in [2.05, 4.69) is 4.74 Å². The average molecular weight is 243 g/mol. The average Bonchev–Trinajstić information content (AvgIpc) is 2.36. The lowest BCUT2D eigenvalue weighted by Crippen LogP contribution is -2.14. The molecule has 0 fully saturated rings. The van der Waals surface area contributed by atoms with E-state index < -0.39 is 0 Å². The molecule has 0 bridgehead atoms. The zero-order valence-electron chi connectivity index (χ0n) is 10.7. The first-order valence-corrected chi connectivity index (χ1v) is 5.26. The molecular weight excluding hydrogens is 222 g/mol. The Morgan fingerprint density at radius 2 is 1.82 bits per heavy atom. The van der Waals surface area contributed by atoms with E-state index in [4.69, 9.17) is 15.9 Å². The zero-order valence-corrected chi connectivity index (χ0v) is 10.7. The molecule has 1 aromatic rings. The monoisotopic (exact) mass is 243 g/mol. The summed E-state index contributed by atoms with van der Waals surface area (Å²) in [5.41, 5.74) is 5.74. The lowest BCUT2D eigenvalue weighted by molar-refractivity contribution is -0.138. The van der Waals surface area contributed by atoms with Crippen LogP contribution in [0.5, 0.6) is 11.5 Å². The Morgan fingerprint density at radius 3 is 2.06 bits per heavy atom. The minimum Gasteiger partial charge on any atom is -0.504 e. The Balaban J connectivity index is 0. The zero-order chi connectivity index (χ0) is 13.8. The smallest absolute Gasteiger partial charge is 0.319 e. The van der Waals surface area contributed by atoms with Crippen molar-refractivity contribution in [2.75, 3.05) is 13.7 Å². The number of esters is 1. The molecule has 0 aromatic heterocycles. The van der Waals surface area contributed by atoms with Gasteiger partial charge >= 0.3 is 5.97 Å². The Bertz CT molecular complexity index is 320. The summed E-state index contributed by atoms with van der Waals surface area (Å²) in [4.78, 5) is 9.83. The van der Waals surface area contributed by atoms with Crippen LogP contribution < -0.4 is 5.73 Å². The second-order valence-electron chi connectivity index (χ2n) is 2.77. The highest BCUT2D eigenvalue weighted by atomic mass is 16.5. The molecule has 0 spiro atoms. The van der Waals surface area contributed by atoms with Gasteiger partial charge in [-0.3, -0.25) is 4.79 Å². The Kier molecular flexibility index (Phi) is 11.2. The first kappa shape index (κ1) is 17.6. The molecule has 0 aliphatic heterocycles. The summed E-state index contributed by atoms with van der Waals surface area (Å²) in [6.45, 7) is 5.82. The third kappa shape index (κ3) is 9.19. The minimum absolute atomic E-state index is 0.0312. The van der Waals surface area contributed by atoms with Gasteiger partial charge in [0.1, 0.15) is 0 Å². The highest BCUT2D eigenvalue weighted by Crippen LogP contribution is 2.23. The summed E-state index contributed by atoms with van der Waals surface area (Å²) in [5, 5.41) is 17.6. The normalized spacial score (nSPS) is 8.06. The van der Waals surface area contributed by atoms with Crippen molar-refractivity contribution in [3.63, 3.8) is 0 Å². The molecule has 0 amide bonds. The van der Waals surface area contributed by atoms with Gasteiger partial charge in [-0.1, -0.05) is 19.9 Å². The molecule has 0 saturated carbocycles. The van der Waals surface area contributed by atoms with E-state index in [-0.39, 0.29) is 24.0 Å². The van der Waals surface area contributed by atoms with Crippen LogP contribution in [-0.2, 0) is 9.53 Å². The largest absolute Gasteiger partial charge is 0.504 e. The molecule has 5 nitrogen and oxygen atoms in total. The van der Waals surface area contributed by atoms with Crippen LogP contribution in [-0.4, -0.2) is 29.8 Å². The second-order valence-corrected chi connectivity index (χ2v) is 2.77. The van der Waals surface area contributed by atoms with Crippen LogP contribution in [0, 0.1) is 6.92 Å². The van der Waals surface area contributed by atoms with Gasteiger partial charge in [0.25, 0.3) is 0 Å². The number of rotatable bonds is 1. The quantitative estimate of drug-likeness (QED) is 0.514. The summed E-state index contributed by atoms with van der Waals surface area (Å²) in [5.74, 6) is -0.509. The molecule has 0 unspecified atom stereocenters. The number of nitrogens with two attached hydrogens (primary N) is 1. The molecule has 17 heavy (non-hydrogen) atoms. The van der Waals surface area contributed by atoms with Crippen molar-refractivity contribution < 1.29 is 19.7 Å². The molecule has 1 rings (SSSR count). The van der Waals surface area contributed by atoms with Crippen molar-refractivity contribution in [1.82, 2.24) is 0 Å². The summed E-state index contributed by atoms with van der Waals surface area (Å²) < 4.78 is 4.14. The second kappa shape index (κ2) is 10.8. The molecule has 5 heteroatoms. The fourth-order valence-corrected chi connectivity index (χ4v) is 0.717. The van der Waals surface area contributed by atoms with E-state index in [9.17, 15) is 4.79 Å². The molecule has 0 saturated heterocycles. The number of aryl methyl sites for hydroxylation is 1. The molecule has 0 radical (unpaired) electrons. The predicted molar refractivity (Wildman–Crippen MR) is 66.9 cm³/mol. The number of methoxy groups -OCH3 is 1. The van der Waals surface area contributed by atoms with E-state index in [0.717, 1.165) is 5.56 Å². The third-order valence-electron chi connectivity index (χ3n) is 1.53. The van der Waals surface area contributed by atoms with Crippen molar-refractivity contribution in [3.05, 3.63) is 23.8 Å². The number of phenols is 2. The fraction of sp³-hybridized carbons (Fsp3) is 0.417. The maximum atomic E-state index is 9.83. The SMILES string of the molecule is CC.COC(=O)CN.Cc1ccc(O)c(O)c1. The van der Waals surface area contributed by atoms with E-state index in [1.165, 1.54) is 19.2 Å². The van der Waals surface area contributed by atoms with E-state index >= 15 is 0 Å². The van der Waals surface area contributed by atoms with Crippen molar-refractivity contribution >= 4 is 5.97 Å². The molecule has 0 aliphatic carbocycles. The topological polar surface area (TPSA) is 92.8 Å². The van der Waals surface area contributed by atoms with Gasteiger partial charge < -0.3 is 20.7 Å². The first-order valence-electron chi connectivity index (χ1n) is 5.26. The van der Waals surface area contributed by atoms with Gasteiger partial charge in [0.15, 0.2) is 11.5 Å². The van der Waals surface area contributed by atoms with Gasteiger partial charge in [0, 0.05) is 0 Å². The van der Waals surface area contributed by atoms with Crippen LogP contribution in [0.3, 0.4) is 0 Å². The Morgan fingerprint density at radius 1 is 1.29 bits per heavy atom. The molecule has 0 heterocycles. The van der Waals surface area contributed by atoms with Crippen molar-refractivity contribution in [2.45, 2.75) is 20.8 Å². The highest BCUT2D eigenvalue weighted by molar-refractivity contribution is 5.70. The first-order chi connectivity index (χ1) is 8.01. The van der Waals surface area contributed by atoms with Gasteiger partial charge in [0.05, 0.1) is 13.7 Å². The molecular formula is C12H21NO4. The number of carbonyl (C=O) groups is 1. The summed E-state index contributed by atoms with van der Waals surface area (Å²) in [6.07, 6.45) is 0. The maximum Gasteiger partial charge on any atom is 0.319 e. The highest BCUT2D eigenvalue weighted by Gasteiger charge is 1.94. The van der Waals surface area contributed by atoms with Crippen molar-refractivity contribution in [3.8, 4) is 11.5 Å². The molecule has 98 valence electrons.